The molecule has 0 saturated carbocycles. The largest absolute Gasteiger partial charge is 0.505 e. The molecule has 4 rings (SSSR count). The fraction of sp³-hybridized carbons (Fsp3) is 0.174. The molecule has 48 heavy (non-hydrogen) atoms. The summed E-state index contributed by atoms with van der Waals surface area (Å²) in [7, 11) is -3.72. The standard InChI is InChI=1S/C23H22ClN7O13S4/c24-21-27-22(25-7-9-45-42-39-33)29-23(28-21)26-15-3-6-17-13(11-15)12-18(46-43-40-34)19(20(17)32)31-30-14-1-4-16(5-2-14)48(36,37)10-8-38-47-44-41-35/h1-6,11-12,32-35H,7-10H2,(H2,25,26,27,28,29). The molecule has 6 N–H and O–H groups in total. The Morgan fingerprint density at radius 1 is 0.896 bits per heavy atom. The van der Waals surface area contributed by atoms with E-state index in [1.807, 2.05) is 0 Å². The van der Waals surface area contributed by atoms with E-state index in [1.54, 1.807) is 24.3 Å². The van der Waals surface area contributed by atoms with Crippen LogP contribution in [0.4, 0.5) is 29.0 Å². The lowest BCUT2D eigenvalue weighted by molar-refractivity contribution is -0.434. The SMILES string of the molecule is O=S(=O)(CCOSOOO)c1ccc(N=Nc2c(SOOO)cc3cc(Nc4nc(Cl)nc(NCCSOOO)n4)ccc3c2O)cc1. The molecular weight excluding hydrogens is 746 g/mol. The van der Waals surface area contributed by atoms with Gasteiger partial charge in [-0.15, -0.1) is 18.1 Å². The zero-order valence-corrected chi connectivity index (χ0v) is 27.7. The fourth-order valence-electron chi connectivity index (χ4n) is 3.67. The molecule has 0 radical (unpaired) electrons. The van der Waals surface area contributed by atoms with Crippen LogP contribution in [0.1, 0.15) is 0 Å². The van der Waals surface area contributed by atoms with Crippen LogP contribution in [0, 0.1) is 0 Å². The molecule has 4 aromatic rings. The van der Waals surface area contributed by atoms with E-state index in [9.17, 15) is 13.5 Å². The lowest BCUT2D eigenvalue weighted by Crippen LogP contribution is -2.10. The van der Waals surface area contributed by atoms with Crippen molar-refractivity contribution >= 4 is 97.6 Å². The number of hydrogen-bond acceptors (Lipinski definition) is 23. The Hall–Kier alpha value is -3.18. The Labute approximate surface area is 288 Å². The number of nitrogens with one attached hydrogen (secondary N) is 2. The number of aromatic hydroxyl groups is 1. The van der Waals surface area contributed by atoms with Crippen molar-refractivity contribution in [1.29, 1.82) is 0 Å². The molecule has 0 aliphatic heterocycles. The van der Waals surface area contributed by atoms with Gasteiger partial charge in [0.25, 0.3) is 0 Å². The maximum Gasteiger partial charge on any atom is 0.233 e. The van der Waals surface area contributed by atoms with Crippen LogP contribution in [0.2, 0.25) is 5.28 Å². The Morgan fingerprint density at radius 3 is 2.40 bits per heavy atom. The summed E-state index contributed by atoms with van der Waals surface area (Å²) in [5.41, 5.74) is 0.705. The summed E-state index contributed by atoms with van der Waals surface area (Å²) >= 11 is 7.69. The number of benzene rings is 3. The van der Waals surface area contributed by atoms with Crippen LogP contribution in [-0.2, 0) is 42.1 Å². The number of aromatic nitrogens is 3. The van der Waals surface area contributed by atoms with E-state index in [-0.39, 0.29) is 68.8 Å². The average molecular weight is 768 g/mol. The van der Waals surface area contributed by atoms with Crippen molar-refractivity contribution in [1.82, 2.24) is 15.0 Å². The lowest BCUT2D eigenvalue weighted by Gasteiger charge is -2.12. The van der Waals surface area contributed by atoms with Gasteiger partial charge in [0.1, 0.15) is 5.69 Å². The summed E-state index contributed by atoms with van der Waals surface area (Å²) in [5.74, 6) is -0.0250. The van der Waals surface area contributed by atoms with Gasteiger partial charge in [-0.25, -0.2) is 24.2 Å². The van der Waals surface area contributed by atoms with Crippen molar-refractivity contribution in [2.24, 2.45) is 10.2 Å². The highest BCUT2D eigenvalue weighted by Crippen LogP contribution is 2.44. The molecule has 0 fully saturated rings. The number of phenols is 1. The molecule has 0 saturated heterocycles. The highest BCUT2D eigenvalue weighted by atomic mass is 35.5. The van der Waals surface area contributed by atoms with Crippen molar-refractivity contribution < 1.29 is 61.6 Å². The van der Waals surface area contributed by atoms with Crippen LogP contribution in [0.5, 0.6) is 5.75 Å². The molecule has 0 unspecified atom stereocenters. The number of azo groups is 1. The van der Waals surface area contributed by atoms with Gasteiger partial charge in [0.2, 0.25) is 17.2 Å². The minimum Gasteiger partial charge on any atom is -0.505 e. The summed E-state index contributed by atoms with van der Waals surface area (Å²) < 4.78 is 42.7. The highest BCUT2D eigenvalue weighted by Gasteiger charge is 2.17. The number of halogens is 1. The van der Waals surface area contributed by atoms with E-state index in [0.717, 1.165) is 12.0 Å². The van der Waals surface area contributed by atoms with Crippen LogP contribution in [0.25, 0.3) is 10.8 Å². The molecule has 0 aliphatic rings. The number of nitrogens with zero attached hydrogens (tertiary/aromatic N) is 5. The molecule has 0 aliphatic carbocycles. The quantitative estimate of drug-likeness (QED) is 0.0191. The predicted octanol–water partition coefficient (Wildman–Crippen LogP) is 6.23. The Morgan fingerprint density at radius 2 is 1.65 bits per heavy atom. The summed E-state index contributed by atoms with van der Waals surface area (Å²) in [6.45, 7) is 0.0900. The third-order valence-electron chi connectivity index (χ3n) is 5.62. The first kappa shape index (κ1) is 37.6. The van der Waals surface area contributed by atoms with Crippen molar-refractivity contribution in [2.75, 3.05) is 35.3 Å². The van der Waals surface area contributed by atoms with Gasteiger partial charge in [0.05, 0.1) is 39.9 Å². The van der Waals surface area contributed by atoms with Crippen molar-refractivity contribution in [3.63, 3.8) is 0 Å². The zero-order chi connectivity index (χ0) is 34.4. The molecule has 20 nitrogen and oxygen atoms in total. The number of phenolic OH excluding ortho intramolecular Hbond substituents is 1. The minimum atomic E-state index is -3.72. The van der Waals surface area contributed by atoms with Gasteiger partial charge in [0.15, 0.2) is 27.9 Å². The molecule has 1 heterocycles. The molecule has 0 spiro atoms. The van der Waals surface area contributed by atoms with Crippen molar-refractivity contribution in [3.8, 4) is 5.75 Å². The highest BCUT2D eigenvalue weighted by molar-refractivity contribution is 7.95. The van der Waals surface area contributed by atoms with E-state index in [0.29, 0.717) is 40.8 Å². The fourth-order valence-corrected chi connectivity index (χ4v) is 6.03. The minimum absolute atomic E-state index is 0.0111. The average Bonchev–Trinajstić information content (AvgIpc) is 3.06. The van der Waals surface area contributed by atoms with Gasteiger partial charge in [-0.1, -0.05) is 15.1 Å². The van der Waals surface area contributed by atoms with Crippen LogP contribution < -0.4 is 10.6 Å². The molecule has 0 bridgehead atoms. The van der Waals surface area contributed by atoms with E-state index >= 15 is 0 Å². The molecule has 258 valence electrons. The lowest BCUT2D eigenvalue weighted by atomic mass is 10.1. The second-order valence-corrected chi connectivity index (χ2v) is 13.0. The summed E-state index contributed by atoms with van der Waals surface area (Å²) in [6, 6.07) is 11.9. The molecule has 0 amide bonds. The molecular formula is C23H22ClN7O13S4. The van der Waals surface area contributed by atoms with E-state index in [4.69, 9.17) is 31.6 Å². The van der Waals surface area contributed by atoms with E-state index in [1.165, 1.54) is 24.3 Å². The molecule has 25 heteroatoms. The first-order valence-corrected chi connectivity index (χ1v) is 17.1. The van der Waals surface area contributed by atoms with Gasteiger partial charge >= 0.3 is 0 Å². The second kappa shape index (κ2) is 19.1. The number of fused-ring (bicyclic) bond motifs is 1. The maximum atomic E-state index is 12.5. The molecule has 1 aromatic heterocycles. The van der Waals surface area contributed by atoms with E-state index < -0.39 is 9.84 Å². The number of sulfone groups is 1. The second-order valence-electron chi connectivity index (χ2n) is 8.55. The monoisotopic (exact) mass is 767 g/mol. The van der Waals surface area contributed by atoms with Crippen LogP contribution in [0.15, 0.2) is 68.6 Å². The topological polar surface area (TPSA) is 267 Å². The first-order chi connectivity index (χ1) is 23.2. The molecule has 0 atom stereocenters. The van der Waals surface area contributed by atoms with Gasteiger partial charge in [-0.05, 0) is 65.5 Å². The number of anilines is 3. The van der Waals surface area contributed by atoms with Gasteiger partial charge < -0.3 is 15.7 Å². The van der Waals surface area contributed by atoms with Gasteiger partial charge in [-0.2, -0.15) is 20.1 Å². The third kappa shape index (κ3) is 11.2. The maximum absolute atomic E-state index is 12.5. The first-order valence-electron chi connectivity index (χ1n) is 12.7. The van der Waals surface area contributed by atoms with Crippen molar-refractivity contribution in [3.05, 3.63) is 53.8 Å². The summed E-state index contributed by atoms with van der Waals surface area (Å²) in [6.07, 6.45) is 0. The number of hydrogen-bond donors (Lipinski definition) is 6. The Kier molecular flexibility index (Phi) is 15.0. The smallest absolute Gasteiger partial charge is 0.233 e. The van der Waals surface area contributed by atoms with Crippen LogP contribution >= 0.6 is 48.0 Å². The summed E-state index contributed by atoms with van der Waals surface area (Å²) in [5, 5.41) is 61.5. The zero-order valence-electron chi connectivity index (χ0n) is 23.7. The van der Waals surface area contributed by atoms with E-state index in [2.05, 4.69) is 63.9 Å². The van der Waals surface area contributed by atoms with Gasteiger partial charge in [-0.3, -0.25) is 4.18 Å². The summed E-state index contributed by atoms with van der Waals surface area (Å²) in [4.78, 5) is 12.5. The Balaban J connectivity index is 1.52. The predicted molar refractivity (Wildman–Crippen MR) is 171 cm³/mol. The van der Waals surface area contributed by atoms with Crippen LogP contribution in [0.3, 0.4) is 0 Å². The Bertz CT molecular complexity index is 1800. The molecule has 3 aromatic carbocycles. The number of rotatable bonds is 20. The van der Waals surface area contributed by atoms with Crippen molar-refractivity contribution in [2.45, 2.75) is 9.79 Å². The third-order valence-corrected chi connectivity index (χ3v) is 9.01. The van der Waals surface area contributed by atoms with Gasteiger partial charge in [0, 0.05) is 35.4 Å². The normalized spacial score (nSPS) is 11.8. The van der Waals surface area contributed by atoms with Crippen LogP contribution in [-0.4, -0.2) is 68.9 Å².